The molecule has 0 aliphatic heterocycles. The van der Waals surface area contributed by atoms with Crippen LogP contribution in [0.2, 0.25) is 5.02 Å². The normalized spacial score (nSPS) is 10.3. The van der Waals surface area contributed by atoms with E-state index in [4.69, 9.17) is 21.1 Å². The Labute approximate surface area is 138 Å². The third-order valence-electron chi connectivity index (χ3n) is 3.25. The molecule has 3 nitrogen and oxygen atoms in total. The Morgan fingerprint density at radius 1 is 0.957 bits per heavy atom. The van der Waals surface area contributed by atoms with Crippen LogP contribution in [0.25, 0.3) is 10.8 Å². The van der Waals surface area contributed by atoms with Crippen molar-refractivity contribution in [2.75, 3.05) is 0 Å². The highest BCUT2D eigenvalue weighted by Crippen LogP contribution is 2.37. The van der Waals surface area contributed by atoms with Crippen LogP contribution in [0.4, 0.5) is 0 Å². The van der Waals surface area contributed by atoms with E-state index < -0.39 is 5.97 Å². The Hall–Kier alpha value is -2.78. The van der Waals surface area contributed by atoms with E-state index in [1.807, 2.05) is 30.3 Å². The molecule has 0 bridgehead atoms. The minimum Gasteiger partial charge on any atom is -0.457 e. The molecule has 0 N–H and O–H groups in total. The molecule has 0 atom stereocenters. The van der Waals surface area contributed by atoms with Crippen molar-refractivity contribution in [2.24, 2.45) is 0 Å². The van der Waals surface area contributed by atoms with Crippen LogP contribution in [0.1, 0.15) is 0 Å². The fourth-order valence-corrected chi connectivity index (χ4v) is 2.38. The maximum absolute atomic E-state index is 11.5. The van der Waals surface area contributed by atoms with Crippen molar-refractivity contribution in [1.82, 2.24) is 0 Å². The largest absolute Gasteiger partial charge is 0.457 e. The van der Waals surface area contributed by atoms with Gasteiger partial charge in [0.1, 0.15) is 17.2 Å². The van der Waals surface area contributed by atoms with Crippen molar-refractivity contribution >= 4 is 28.3 Å². The predicted molar refractivity (Wildman–Crippen MR) is 91.3 cm³/mol. The van der Waals surface area contributed by atoms with Crippen molar-refractivity contribution in [3.05, 3.63) is 78.3 Å². The van der Waals surface area contributed by atoms with Crippen LogP contribution < -0.4 is 9.47 Å². The summed E-state index contributed by atoms with van der Waals surface area (Å²) in [5, 5.41) is 2.07. The minimum absolute atomic E-state index is 0.432. The number of hydrogen-bond acceptors (Lipinski definition) is 3. The van der Waals surface area contributed by atoms with E-state index in [2.05, 4.69) is 6.58 Å². The van der Waals surface area contributed by atoms with Gasteiger partial charge in [0, 0.05) is 21.9 Å². The molecule has 114 valence electrons. The zero-order valence-corrected chi connectivity index (χ0v) is 12.9. The van der Waals surface area contributed by atoms with Crippen molar-refractivity contribution < 1.29 is 14.3 Å². The minimum atomic E-state index is -0.516. The van der Waals surface area contributed by atoms with Crippen LogP contribution >= 0.6 is 11.6 Å². The molecule has 0 aromatic heterocycles. The lowest BCUT2D eigenvalue weighted by Gasteiger charge is -2.12. The molecule has 3 rings (SSSR count). The summed E-state index contributed by atoms with van der Waals surface area (Å²) in [5.41, 5.74) is 0. The zero-order chi connectivity index (χ0) is 16.2. The molecule has 0 aliphatic rings. The number of carbonyl (C=O) groups excluding carboxylic acids is 1. The van der Waals surface area contributed by atoms with Crippen LogP contribution in [-0.2, 0) is 4.79 Å². The second-order valence-electron chi connectivity index (χ2n) is 4.79. The van der Waals surface area contributed by atoms with Gasteiger partial charge in [0.15, 0.2) is 0 Å². The van der Waals surface area contributed by atoms with Crippen LogP contribution in [0.15, 0.2) is 73.3 Å². The van der Waals surface area contributed by atoms with E-state index in [9.17, 15) is 4.79 Å². The number of fused-ring (bicyclic) bond motifs is 1. The topological polar surface area (TPSA) is 35.5 Å². The Morgan fingerprint density at radius 3 is 2.43 bits per heavy atom. The Bertz CT molecular complexity index is 872. The fraction of sp³-hybridized carbons (Fsp3) is 0. The highest BCUT2D eigenvalue weighted by Gasteiger charge is 2.11. The number of ether oxygens (including phenoxy) is 2. The zero-order valence-electron chi connectivity index (χ0n) is 12.2. The first kappa shape index (κ1) is 15.1. The first-order valence-corrected chi connectivity index (χ1v) is 7.34. The quantitative estimate of drug-likeness (QED) is 0.367. The monoisotopic (exact) mass is 324 g/mol. The molecule has 0 aliphatic carbocycles. The van der Waals surface area contributed by atoms with E-state index in [0.717, 1.165) is 16.8 Å². The van der Waals surface area contributed by atoms with E-state index in [1.54, 1.807) is 30.3 Å². The van der Waals surface area contributed by atoms with Crippen molar-refractivity contribution in [3.63, 3.8) is 0 Å². The average molecular weight is 325 g/mol. The molecule has 0 spiro atoms. The van der Waals surface area contributed by atoms with E-state index in [-0.39, 0.29) is 0 Å². The van der Waals surface area contributed by atoms with Gasteiger partial charge in [0.05, 0.1) is 0 Å². The molecule has 0 radical (unpaired) electrons. The van der Waals surface area contributed by atoms with Crippen molar-refractivity contribution in [2.45, 2.75) is 0 Å². The first-order chi connectivity index (χ1) is 11.2. The fourth-order valence-electron chi connectivity index (χ4n) is 2.21. The molecule has 0 saturated heterocycles. The van der Waals surface area contributed by atoms with Gasteiger partial charge in [-0.25, -0.2) is 4.79 Å². The van der Waals surface area contributed by atoms with Crippen LogP contribution in [0, 0.1) is 0 Å². The SMILES string of the molecule is C=CC(=O)Oc1ccc(Oc2ccccc2)c2cc(Cl)ccc12. The highest BCUT2D eigenvalue weighted by atomic mass is 35.5. The predicted octanol–water partition coefficient (Wildman–Crippen LogP) is 5.38. The third kappa shape index (κ3) is 3.35. The Kier molecular flexibility index (Phi) is 4.31. The maximum Gasteiger partial charge on any atom is 0.335 e. The number of hydrogen-bond donors (Lipinski definition) is 0. The summed E-state index contributed by atoms with van der Waals surface area (Å²) in [4.78, 5) is 11.5. The van der Waals surface area contributed by atoms with Gasteiger partial charge in [0.2, 0.25) is 0 Å². The van der Waals surface area contributed by atoms with Gasteiger partial charge in [-0.2, -0.15) is 0 Å². The lowest BCUT2D eigenvalue weighted by atomic mass is 10.1. The van der Waals surface area contributed by atoms with E-state index in [0.29, 0.717) is 22.3 Å². The number of rotatable bonds is 4. The Balaban J connectivity index is 2.09. The third-order valence-corrected chi connectivity index (χ3v) is 3.48. The number of para-hydroxylation sites is 1. The van der Waals surface area contributed by atoms with Gasteiger partial charge in [-0.1, -0.05) is 36.4 Å². The van der Waals surface area contributed by atoms with Crippen molar-refractivity contribution in [1.29, 1.82) is 0 Å². The number of halogens is 1. The molecule has 0 saturated carbocycles. The second-order valence-corrected chi connectivity index (χ2v) is 5.23. The summed E-state index contributed by atoms with van der Waals surface area (Å²) in [6, 6.07) is 18.2. The first-order valence-electron chi connectivity index (χ1n) is 6.97. The van der Waals surface area contributed by atoms with E-state index in [1.165, 1.54) is 0 Å². The van der Waals surface area contributed by atoms with Crippen LogP contribution in [-0.4, -0.2) is 5.97 Å². The van der Waals surface area contributed by atoms with Gasteiger partial charge < -0.3 is 9.47 Å². The van der Waals surface area contributed by atoms with Gasteiger partial charge in [-0.3, -0.25) is 0 Å². The summed E-state index contributed by atoms with van der Waals surface area (Å²) < 4.78 is 11.2. The molecule has 23 heavy (non-hydrogen) atoms. The number of esters is 1. The smallest absolute Gasteiger partial charge is 0.335 e. The van der Waals surface area contributed by atoms with Crippen molar-refractivity contribution in [3.8, 4) is 17.2 Å². The maximum atomic E-state index is 11.5. The number of benzene rings is 3. The van der Waals surface area contributed by atoms with Gasteiger partial charge in [0.25, 0.3) is 0 Å². The molecule has 0 amide bonds. The molecular formula is C19H13ClO3. The van der Waals surface area contributed by atoms with Gasteiger partial charge in [-0.15, -0.1) is 0 Å². The number of carbonyl (C=O) groups is 1. The molecule has 0 fully saturated rings. The molecule has 0 heterocycles. The lowest BCUT2D eigenvalue weighted by molar-refractivity contribution is -0.128. The molecule has 3 aromatic carbocycles. The lowest BCUT2D eigenvalue weighted by Crippen LogP contribution is -2.03. The van der Waals surface area contributed by atoms with Gasteiger partial charge in [-0.05, 0) is 42.5 Å². The van der Waals surface area contributed by atoms with E-state index >= 15 is 0 Å². The standard InChI is InChI=1S/C19H13ClO3/c1-2-19(21)23-17-10-11-18(22-14-6-4-3-5-7-14)16-12-13(20)8-9-15(16)17/h2-12H,1H2. The van der Waals surface area contributed by atoms with Crippen LogP contribution in [0.5, 0.6) is 17.2 Å². The summed E-state index contributed by atoms with van der Waals surface area (Å²) in [5.74, 6) is 1.26. The molecule has 0 unspecified atom stereocenters. The molecule has 3 aromatic rings. The highest BCUT2D eigenvalue weighted by molar-refractivity contribution is 6.31. The van der Waals surface area contributed by atoms with Gasteiger partial charge >= 0.3 is 5.97 Å². The average Bonchev–Trinajstić information content (AvgIpc) is 2.57. The summed E-state index contributed by atoms with van der Waals surface area (Å²) >= 11 is 6.10. The molecule has 4 heteroatoms. The summed E-state index contributed by atoms with van der Waals surface area (Å²) in [6.45, 7) is 3.40. The summed E-state index contributed by atoms with van der Waals surface area (Å²) in [6.07, 6.45) is 1.12. The molecular weight excluding hydrogens is 312 g/mol. The van der Waals surface area contributed by atoms with Crippen LogP contribution in [0.3, 0.4) is 0 Å². The Morgan fingerprint density at radius 2 is 1.70 bits per heavy atom. The summed E-state index contributed by atoms with van der Waals surface area (Å²) in [7, 11) is 0. The second kappa shape index (κ2) is 6.55.